The third-order valence-corrected chi connectivity index (χ3v) is 7.68. The topological polar surface area (TPSA) is 55.8 Å². The highest BCUT2D eigenvalue weighted by molar-refractivity contribution is 7.89. The van der Waals surface area contributed by atoms with E-state index >= 15 is 0 Å². The van der Waals surface area contributed by atoms with Crippen LogP contribution in [0.4, 0.5) is 0 Å². The van der Waals surface area contributed by atoms with Gasteiger partial charge in [0.2, 0.25) is 10.0 Å². The van der Waals surface area contributed by atoms with E-state index in [2.05, 4.69) is 0 Å². The summed E-state index contributed by atoms with van der Waals surface area (Å²) in [5.41, 5.74) is -0.0464. The number of nitrogens with zero attached hydrogens (tertiary/aromatic N) is 1. The molecule has 1 saturated carbocycles. The van der Waals surface area contributed by atoms with E-state index in [0.29, 0.717) is 30.5 Å². The highest BCUT2D eigenvalue weighted by Crippen LogP contribution is 2.47. The lowest BCUT2D eigenvalue weighted by molar-refractivity contribution is -0.0184. The first-order valence-electron chi connectivity index (χ1n) is 8.88. The molecule has 1 heterocycles. The second kappa shape index (κ2) is 7.43. The quantitative estimate of drug-likeness (QED) is 0.772. The molecule has 1 aromatic carbocycles. The van der Waals surface area contributed by atoms with Crippen molar-refractivity contribution in [3.8, 4) is 5.75 Å². The lowest BCUT2D eigenvalue weighted by Gasteiger charge is -2.43. The Kier molecular flexibility index (Phi) is 5.63. The fourth-order valence-corrected chi connectivity index (χ4v) is 6.09. The van der Waals surface area contributed by atoms with Gasteiger partial charge < -0.3 is 9.47 Å². The first kappa shape index (κ1) is 19.0. The highest BCUT2D eigenvalue weighted by atomic mass is 35.5. The number of sulfonamides is 1. The molecule has 140 valence electrons. The Bertz CT molecular complexity index is 724. The molecule has 1 aliphatic heterocycles. The van der Waals surface area contributed by atoms with E-state index < -0.39 is 10.0 Å². The summed E-state index contributed by atoms with van der Waals surface area (Å²) in [4.78, 5) is 0.240. The number of piperidine rings is 1. The number of benzene rings is 1. The van der Waals surface area contributed by atoms with Crippen molar-refractivity contribution in [1.29, 1.82) is 0 Å². The van der Waals surface area contributed by atoms with Gasteiger partial charge in [-0.15, -0.1) is 0 Å². The fourth-order valence-electron chi connectivity index (χ4n) is 4.32. The van der Waals surface area contributed by atoms with Gasteiger partial charge in [-0.05, 0) is 44.7 Å². The van der Waals surface area contributed by atoms with Crippen molar-refractivity contribution < 1.29 is 17.9 Å². The molecule has 2 atom stereocenters. The highest BCUT2D eigenvalue weighted by Gasteiger charge is 2.48. The summed E-state index contributed by atoms with van der Waals surface area (Å²) in [7, 11) is -1.84. The maximum Gasteiger partial charge on any atom is 0.243 e. The summed E-state index contributed by atoms with van der Waals surface area (Å²) in [5.74, 6) is 0.410. The first-order chi connectivity index (χ1) is 11.9. The van der Waals surface area contributed by atoms with Gasteiger partial charge in [0.15, 0.2) is 0 Å². The van der Waals surface area contributed by atoms with Crippen LogP contribution in [-0.4, -0.2) is 45.6 Å². The third kappa shape index (κ3) is 3.54. The summed E-state index contributed by atoms with van der Waals surface area (Å²) >= 11 is 6.10. The summed E-state index contributed by atoms with van der Waals surface area (Å²) in [5, 5.41) is 0.422. The van der Waals surface area contributed by atoms with Gasteiger partial charge in [-0.25, -0.2) is 8.42 Å². The number of methoxy groups -OCH3 is 1. The number of rotatable bonds is 5. The van der Waals surface area contributed by atoms with Gasteiger partial charge in [0.1, 0.15) is 5.75 Å². The van der Waals surface area contributed by atoms with Crippen LogP contribution in [0.3, 0.4) is 0 Å². The lowest BCUT2D eigenvalue weighted by Crippen LogP contribution is -2.49. The van der Waals surface area contributed by atoms with Crippen LogP contribution in [0, 0.1) is 5.41 Å². The molecule has 2 fully saturated rings. The van der Waals surface area contributed by atoms with Gasteiger partial charge in [0.05, 0.1) is 22.6 Å². The Morgan fingerprint density at radius 2 is 2.08 bits per heavy atom. The molecule has 3 rings (SSSR count). The summed E-state index contributed by atoms with van der Waals surface area (Å²) in [6.45, 7) is 3.36. The van der Waals surface area contributed by atoms with Crippen LogP contribution in [0.15, 0.2) is 23.1 Å². The normalized spacial score (nSPS) is 27.7. The van der Waals surface area contributed by atoms with E-state index in [1.165, 1.54) is 6.07 Å². The molecule has 25 heavy (non-hydrogen) atoms. The minimum absolute atomic E-state index is 0.0464. The van der Waals surface area contributed by atoms with Crippen LogP contribution in [0.25, 0.3) is 0 Å². The monoisotopic (exact) mass is 387 g/mol. The minimum Gasteiger partial charge on any atom is -0.492 e. The molecule has 1 unspecified atom stereocenters. The molecule has 1 saturated heterocycles. The molecule has 5 nitrogen and oxygen atoms in total. The number of hydrogen-bond acceptors (Lipinski definition) is 4. The SMILES string of the molecule is CCOc1cc(S(=O)(=O)N2CCC[C@]3(CCCC3OC)C2)ccc1Cl. The molecule has 0 bridgehead atoms. The van der Waals surface area contributed by atoms with Gasteiger partial charge in [-0.3, -0.25) is 0 Å². The second-order valence-electron chi connectivity index (χ2n) is 6.95. The van der Waals surface area contributed by atoms with Gasteiger partial charge in [-0.1, -0.05) is 18.0 Å². The predicted octanol–water partition coefficient (Wildman–Crippen LogP) is 3.71. The molecule has 0 radical (unpaired) electrons. The number of halogens is 1. The third-order valence-electron chi connectivity index (χ3n) is 5.52. The van der Waals surface area contributed by atoms with Crippen LogP contribution < -0.4 is 4.74 Å². The van der Waals surface area contributed by atoms with Crippen LogP contribution in [0.2, 0.25) is 5.02 Å². The molecule has 1 spiro atoms. The maximum absolute atomic E-state index is 13.2. The zero-order chi connectivity index (χ0) is 18.1. The molecular weight excluding hydrogens is 362 g/mol. The van der Waals surface area contributed by atoms with Crippen LogP contribution >= 0.6 is 11.6 Å². The average molecular weight is 388 g/mol. The van der Waals surface area contributed by atoms with Crippen LogP contribution in [0.1, 0.15) is 39.0 Å². The van der Waals surface area contributed by atoms with E-state index in [9.17, 15) is 8.42 Å². The van der Waals surface area contributed by atoms with Gasteiger partial charge in [0, 0.05) is 31.7 Å². The van der Waals surface area contributed by atoms with E-state index in [0.717, 1.165) is 32.1 Å². The van der Waals surface area contributed by atoms with E-state index in [-0.39, 0.29) is 16.4 Å². The fraction of sp³-hybridized carbons (Fsp3) is 0.667. The van der Waals surface area contributed by atoms with Crippen molar-refractivity contribution in [2.45, 2.75) is 50.0 Å². The maximum atomic E-state index is 13.2. The van der Waals surface area contributed by atoms with Gasteiger partial charge in [0.25, 0.3) is 0 Å². The van der Waals surface area contributed by atoms with E-state index in [4.69, 9.17) is 21.1 Å². The average Bonchev–Trinajstić information content (AvgIpc) is 2.98. The standard InChI is InChI=1S/C18H26ClNO4S/c1-3-24-16-12-14(7-8-15(16)19)25(21,22)20-11-5-10-18(13-20)9-4-6-17(18)23-2/h7-8,12,17H,3-6,9-11,13H2,1-2H3/t17?,18-/m1/s1. The summed E-state index contributed by atoms with van der Waals surface area (Å²) in [6, 6.07) is 4.68. The van der Waals surface area contributed by atoms with Crippen molar-refractivity contribution in [2.24, 2.45) is 5.41 Å². The zero-order valence-electron chi connectivity index (χ0n) is 14.8. The van der Waals surface area contributed by atoms with Crippen molar-refractivity contribution >= 4 is 21.6 Å². The second-order valence-corrected chi connectivity index (χ2v) is 9.29. The Morgan fingerprint density at radius 1 is 1.32 bits per heavy atom. The molecule has 7 heteroatoms. The molecule has 0 amide bonds. The van der Waals surface area contributed by atoms with Crippen molar-refractivity contribution in [2.75, 3.05) is 26.8 Å². The van der Waals surface area contributed by atoms with Crippen LogP contribution in [0.5, 0.6) is 5.75 Å². The van der Waals surface area contributed by atoms with Crippen molar-refractivity contribution in [1.82, 2.24) is 4.31 Å². The Balaban J connectivity index is 1.88. The van der Waals surface area contributed by atoms with Crippen molar-refractivity contribution in [3.63, 3.8) is 0 Å². The number of ether oxygens (including phenoxy) is 2. The van der Waals surface area contributed by atoms with E-state index in [1.54, 1.807) is 23.5 Å². The molecule has 2 aliphatic rings. The van der Waals surface area contributed by atoms with Gasteiger partial charge >= 0.3 is 0 Å². The van der Waals surface area contributed by atoms with Crippen molar-refractivity contribution in [3.05, 3.63) is 23.2 Å². The molecular formula is C18H26ClNO4S. The molecule has 1 aliphatic carbocycles. The number of hydrogen-bond donors (Lipinski definition) is 0. The molecule has 1 aromatic rings. The Labute approximate surface area is 155 Å². The molecule has 0 aromatic heterocycles. The summed E-state index contributed by atoms with van der Waals surface area (Å²) < 4.78 is 39.1. The zero-order valence-corrected chi connectivity index (χ0v) is 16.4. The largest absolute Gasteiger partial charge is 0.492 e. The smallest absolute Gasteiger partial charge is 0.243 e. The lowest BCUT2D eigenvalue weighted by atomic mass is 9.77. The van der Waals surface area contributed by atoms with Crippen LogP contribution in [-0.2, 0) is 14.8 Å². The Morgan fingerprint density at radius 3 is 2.80 bits per heavy atom. The predicted molar refractivity (Wildman–Crippen MR) is 97.7 cm³/mol. The molecule has 0 N–H and O–H groups in total. The Hall–Kier alpha value is -0.820. The van der Waals surface area contributed by atoms with Gasteiger partial charge in [-0.2, -0.15) is 4.31 Å². The summed E-state index contributed by atoms with van der Waals surface area (Å²) in [6.07, 6.45) is 5.19. The first-order valence-corrected chi connectivity index (χ1v) is 10.7. The minimum atomic E-state index is -3.58. The van der Waals surface area contributed by atoms with E-state index in [1.807, 2.05) is 6.92 Å².